The van der Waals surface area contributed by atoms with Crippen LogP contribution in [0.4, 0.5) is 0 Å². The average molecular weight is 312 g/mol. The molecule has 1 aromatic heterocycles. The van der Waals surface area contributed by atoms with Crippen molar-refractivity contribution < 1.29 is 24.5 Å². The number of aromatic amines is 1. The number of nitrogens with zero attached hydrogens (tertiary/aromatic N) is 1. The third-order valence-corrected chi connectivity index (χ3v) is 3.29. The summed E-state index contributed by atoms with van der Waals surface area (Å²) < 4.78 is 10.9. The molecule has 0 bridgehead atoms. The fraction of sp³-hybridized carbons (Fsp3) is 0.462. The maximum atomic E-state index is 11.8. The smallest absolute Gasteiger partial charge is 0.330 e. The van der Waals surface area contributed by atoms with E-state index in [-0.39, 0.29) is 18.6 Å². The lowest BCUT2D eigenvalue weighted by molar-refractivity contribution is -0.134. The lowest BCUT2D eigenvalue weighted by Crippen LogP contribution is -2.33. The summed E-state index contributed by atoms with van der Waals surface area (Å²) in [5.74, 6) is -0.648. The number of methoxy groups -OCH3 is 1. The molecular formula is C13H16N2O7. The summed E-state index contributed by atoms with van der Waals surface area (Å²) >= 11 is 0. The van der Waals surface area contributed by atoms with E-state index in [2.05, 4.69) is 9.72 Å². The van der Waals surface area contributed by atoms with Gasteiger partial charge in [-0.15, -0.1) is 0 Å². The van der Waals surface area contributed by atoms with Crippen LogP contribution in [-0.2, 0) is 14.3 Å². The van der Waals surface area contributed by atoms with E-state index < -0.39 is 35.7 Å². The van der Waals surface area contributed by atoms with Crippen LogP contribution in [0.5, 0.6) is 0 Å². The summed E-state index contributed by atoms with van der Waals surface area (Å²) in [6, 6.07) is 0. The Hall–Kier alpha value is -2.23. The van der Waals surface area contributed by atoms with Crippen LogP contribution in [0.25, 0.3) is 6.08 Å². The van der Waals surface area contributed by atoms with Crippen molar-refractivity contribution in [3.63, 3.8) is 0 Å². The highest BCUT2D eigenvalue weighted by molar-refractivity contribution is 5.86. The van der Waals surface area contributed by atoms with Gasteiger partial charge in [-0.25, -0.2) is 9.59 Å². The molecular weight excluding hydrogens is 296 g/mol. The molecule has 120 valence electrons. The standard InChI is InChI=1S/C13H16N2O7/c1-21-11(18)3-2-7-5-15(13(20)14-12(7)19)10-4-8(17)9(6-16)22-10/h2-3,5,8-10,16-17H,4,6H2,1H3,(H,14,19,20)/b3-2+/t8?,9-,10-/m0/s1. The molecule has 1 fully saturated rings. The Morgan fingerprint density at radius 1 is 1.59 bits per heavy atom. The molecule has 2 heterocycles. The first-order valence-corrected chi connectivity index (χ1v) is 6.52. The highest BCUT2D eigenvalue weighted by Crippen LogP contribution is 2.27. The SMILES string of the molecule is COC(=O)/C=C/c1cn([C@@H]2CC(O)[C@H](CO)O2)c(=O)[nH]c1=O. The highest BCUT2D eigenvalue weighted by Gasteiger charge is 2.35. The third-order valence-electron chi connectivity index (χ3n) is 3.29. The maximum absolute atomic E-state index is 11.8. The van der Waals surface area contributed by atoms with Crippen molar-refractivity contribution in [1.29, 1.82) is 0 Å². The first kappa shape index (κ1) is 16.1. The number of hydrogen-bond acceptors (Lipinski definition) is 7. The minimum absolute atomic E-state index is 0.0514. The fourth-order valence-electron chi connectivity index (χ4n) is 2.11. The number of hydrogen-bond donors (Lipinski definition) is 3. The van der Waals surface area contributed by atoms with Gasteiger partial charge in [-0.05, 0) is 6.08 Å². The molecule has 3 N–H and O–H groups in total. The molecule has 0 aromatic carbocycles. The van der Waals surface area contributed by atoms with E-state index in [1.807, 2.05) is 0 Å². The number of aromatic nitrogens is 2. The van der Waals surface area contributed by atoms with Gasteiger partial charge >= 0.3 is 11.7 Å². The number of rotatable bonds is 4. The molecule has 1 aliphatic rings. The fourth-order valence-corrected chi connectivity index (χ4v) is 2.11. The summed E-state index contributed by atoms with van der Waals surface area (Å²) in [6.07, 6.45) is 1.03. The number of esters is 1. The Labute approximate surface area is 124 Å². The van der Waals surface area contributed by atoms with Gasteiger partial charge in [0.25, 0.3) is 5.56 Å². The number of aliphatic hydroxyl groups is 2. The highest BCUT2D eigenvalue weighted by atomic mass is 16.5. The van der Waals surface area contributed by atoms with E-state index in [0.717, 1.165) is 10.6 Å². The number of H-pyrrole nitrogens is 1. The van der Waals surface area contributed by atoms with Gasteiger partial charge in [-0.3, -0.25) is 14.3 Å². The predicted octanol–water partition coefficient (Wildman–Crippen LogP) is -1.64. The topological polar surface area (TPSA) is 131 Å². The molecule has 1 aliphatic heterocycles. The largest absolute Gasteiger partial charge is 0.466 e. The number of carbonyl (C=O) groups excluding carboxylic acids is 1. The summed E-state index contributed by atoms with van der Waals surface area (Å²) in [5.41, 5.74) is -1.33. The maximum Gasteiger partial charge on any atom is 0.330 e. The molecule has 1 aromatic rings. The van der Waals surface area contributed by atoms with Gasteiger partial charge in [-0.1, -0.05) is 0 Å². The second kappa shape index (κ2) is 6.69. The molecule has 0 radical (unpaired) electrons. The Balaban J connectivity index is 2.33. The van der Waals surface area contributed by atoms with Crippen LogP contribution in [0.1, 0.15) is 18.2 Å². The van der Waals surface area contributed by atoms with E-state index in [4.69, 9.17) is 9.84 Å². The van der Waals surface area contributed by atoms with Crippen molar-refractivity contribution in [2.45, 2.75) is 24.9 Å². The molecule has 3 atom stereocenters. The van der Waals surface area contributed by atoms with Crippen molar-refractivity contribution in [1.82, 2.24) is 9.55 Å². The Kier molecular flexibility index (Phi) is 4.91. The minimum Gasteiger partial charge on any atom is -0.466 e. The number of ether oxygens (including phenoxy) is 2. The summed E-state index contributed by atoms with van der Waals surface area (Å²) in [4.78, 5) is 36.7. The quantitative estimate of drug-likeness (QED) is 0.449. The monoisotopic (exact) mass is 312 g/mol. The third kappa shape index (κ3) is 3.32. The lowest BCUT2D eigenvalue weighted by Gasteiger charge is -2.14. The van der Waals surface area contributed by atoms with E-state index in [1.165, 1.54) is 19.4 Å². The van der Waals surface area contributed by atoms with Crippen molar-refractivity contribution in [3.05, 3.63) is 38.7 Å². The van der Waals surface area contributed by atoms with Crippen LogP contribution in [0.2, 0.25) is 0 Å². The van der Waals surface area contributed by atoms with E-state index >= 15 is 0 Å². The van der Waals surface area contributed by atoms with E-state index in [0.29, 0.717) is 0 Å². The predicted molar refractivity (Wildman–Crippen MR) is 74.0 cm³/mol. The van der Waals surface area contributed by atoms with Gasteiger partial charge in [-0.2, -0.15) is 0 Å². The molecule has 22 heavy (non-hydrogen) atoms. The van der Waals surface area contributed by atoms with E-state index in [9.17, 15) is 19.5 Å². The minimum atomic E-state index is -0.914. The Morgan fingerprint density at radius 2 is 2.32 bits per heavy atom. The van der Waals surface area contributed by atoms with Crippen LogP contribution < -0.4 is 11.2 Å². The summed E-state index contributed by atoms with van der Waals surface area (Å²) in [6.45, 7) is -0.384. The molecule has 1 unspecified atom stereocenters. The van der Waals surface area contributed by atoms with Gasteiger partial charge in [0, 0.05) is 18.7 Å². The molecule has 0 aliphatic carbocycles. The van der Waals surface area contributed by atoms with Gasteiger partial charge in [0.15, 0.2) is 0 Å². The number of aliphatic hydroxyl groups excluding tert-OH is 2. The normalized spacial score (nSPS) is 24.8. The zero-order chi connectivity index (χ0) is 16.3. The molecule has 2 rings (SSSR count). The van der Waals surface area contributed by atoms with Gasteiger partial charge in [0.1, 0.15) is 12.3 Å². The zero-order valence-corrected chi connectivity index (χ0v) is 11.8. The van der Waals surface area contributed by atoms with Crippen molar-refractivity contribution in [2.24, 2.45) is 0 Å². The molecule has 0 amide bonds. The molecule has 9 heteroatoms. The summed E-state index contributed by atoms with van der Waals surface area (Å²) in [5, 5.41) is 18.7. The second-order valence-corrected chi connectivity index (χ2v) is 4.72. The van der Waals surface area contributed by atoms with Gasteiger partial charge in [0.2, 0.25) is 0 Å². The van der Waals surface area contributed by atoms with Crippen molar-refractivity contribution >= 4 is 12.0 Å². The van der Waals surface area contributed by atoms with Crippen molar-refractivity contribution in [3.8, 4) is 0 Å². The van der Waals surface area contributed by atoms with Crippen molar-refractivity contribution in [2.75, 3.05) is 13.7 Å². The van der Waals surface area contributed by atoms with Gasteiger partial charge < -0.3 is 19.7 Å². The Morgan fingerprint density at radius 3 is 2.91 bits per heavy atom. The second-order valence-electron chi connectivity index (χ2n) is 4.72. The molecule has 0 spiro atoms. The number of carbonyl (C=O) groups is 1. The molecule has 1 saturated heterocycles. The van der Waals surface area contributed by atoms with Crippen LogP contribution in [-0.4, -0.2) is 51.7 Å². The van der Waals surface area contributed by atoms with Crippen LogP contribution >= 0.6 is 0 Å². The Bertz CT molecular complexity index is 690. The van der Waals surface area contributed by atoms with Gasteiger partial charge in [0.05, 0.1) is 25.4 Å². The molecule has 0 saturated carbocycles. The van der Waals surface area contributed by atoms with Crippen LogP contribution in [0.15, 0.2) is 21.9 Å². The average Bonchev–Trinajstić information content (AvgIpc) is 2.86. The number of nitrogens with one attached hydrogen (secondary N) is 1. The van der Waals surface area contributed by atoms with Crippen LogP contribution in [0, 0.1) is 0 Å². The lowest BCUT2D eigenvalue weighted by atomic mass is 10.2. The first-order chi connectivity index (χ1) is 10.5. The molecule has 9 nitrogen and oxygen atoms in total. The van der Waals surface area contributed by atoms with Crippen LogP contribution in [0.3, 0.4) is 0 Å². The van der Waals surface area contributed by atoms with E-state index in [1.54, 1.807) is 0 Å². The summed E-state index contributed by atoms with van der Waals surface area (Å²) in [7, 11) is 1.20. The first-order valence-electron chi connectivity index (χ1n) is 6.52. The zero-order valence-electron chi connectivity index (χ0n) is 11.8.